The zero-order chi connectivity index (χ0) is 12.3. The highest BCUT2D eigenvalue weighted by molar-refractivity contribution is 9.10. The van der Waals surface area contributed by atoms with Gasteiger partial charge in [-0.2, -0.15) is 0 Å². The first-order valence-corrected chi connectivity index (χ1v) is 6.44. The lowest BCUT2D eigenvalue weighted by atomic mass is 10.2. The number of rotatable bonds is 4. The number of benzene rings is 1. The molecule has 90 valence electrons. The second kappa shape index (κ2) is 5.62. The molecule has 0 aliphatic carbocycles. The van der Waals surface area contributed by atoms with Gasteiger partial charge in [0.25, 0.3) is 0 Å². The summed E-state index contributed by atoms with van der Waals surface area (Å²) in [6, 6.07) is 5.66. The summed E-state index contributed by atoms with van der Waals surface area (Å²) in [6.45, 7) is 0.664. The van der Waals surface area contributed by atoms with Crippen molar-refractivity contribution in [3.8, 4) is 5.69 Å². The van der Waals surface area contributed by atoms with Crippen molar-refractivity contribution in [1.29, 1.82) is 0 Å². The minimum absolute atomic E-state index is 0.654. The molecule has 0 saturated carbocycles. The van der Waals surface area contributed by atoms with Gasteiger partial charge in [0.1, 0.15) is 0 Å². The van der Waals surface area contributed by atoms with E-state index in [1.54, 1.807) is 4.68 Å². The van der Waals surface area contributed by atoms with Crippen molar-refractivity contribution >= 4 is 27.5 Å². The lowest BCUT2D eigenvalue weighted by molar-refractivity contribution is 0.779. The number of aromatic nitrogens is 3. The molecule has 0 unspecified atom stereocenters. The molecule has 0 fully saturated rings. The van der Waals surface area contributed by atoms with Gasteiger partial charge in [0.15, 0.2) is 0 Å². The Hall–Kier alpha value is -0.910. The summed E-state index contributed by atoms with van der Waals surface area (Å²) in [5.74, 6) is 0. The van der Waals surface area contributed by atoms with Gasteiger partial charge in [0.2, 0.25) is 0 Å². The van der Waals surface area contributed by atoms with Crippen molar-refractivity contribution in [2.24, 2.45) is 5.73 Å². The topological polar surface area (TPSA) is 56.7 Å². The number of nitrogens with two attached hydrogens (primary N) is 1. The van der Waals surface area contributed by atoms with E-state index in [2.05, 4.69) is 26.2 Å². The number of hydrogen-bond acceptors (Lipinski definition) is 3. The van der Waals surface area contributed by atoms with E-state index in [1.807, 2.05) is 24.4 Å². The van der Waals surface area contributed by atoms with Crippen molar-refractivity contribution < 1.29 is 0 Å². The lowest BCUT2D eigenvalue weighted by Gasteiger charge is -2.01. The van der Waals surface area contributed by atoms with Gasteiger partial charge in [-0.1, -0.05) is 16.8 Å². The SMILES string of the molecule is NCCCc1cn(-c2ccc(Br)c(Cl)c2)nn1. The number of aryl methyl sites for hydroxylation is 1. The summed E-state index contributed by atoms with van der Waals surface area (Å²) >= 11 is 9.38. The molecular weight excluding hydrogens is 304 g/mol. The second-order valence-electron chi connectivity index (χ2n) is 3.65. The molecule has 0 radical (unpaired) electrons. The predicted molar refractivity (Wildman–Crippen MR) is 71.4 cm³/mol. The Bertz CT molecular complexity index is 512. The first-order chi connectivity index (χ1) is 8.20. The van der Waals surface area contributed by atoms with Crippen molar-refractivity contribution in [3.63, 3.8) is 0 Å². The Morgan fingerprint density at radius 2 is 2.24 bits per heavy atom. The Kier molecular flexibility index (Phi) is 4.15. The Morgan fingerprint density at radius 1 is 1.41 bits per heavy atom. The van der Waals surface area contributed by atoms with Gasteiger partial charge < -0.3 is 5.73 Å². The highest BCUT2D eigenvalue weighted by atomic mass is 79.9. The fourth-order valence-electron chi connectivity index (χ4n) is 1.45. The fraction of sp³-hybridized carbons (Fsp3) is 0.273. The molecule has 0 aliphatic rings. The maximum atomic E-state index is 6.03. The van der Waals surface area contributed by atoms with Crippen LogP contribution in [0.15, 0.2) is 28.9 Å². The molecule has 2 N–H and O–H groups in total. The highest BCUT2D eigenvalue weighted by Crippen LogP contribution is 2.24. The average Bonchev–Trinajstić information content (AvgIpc) is 2.79. The van der Waals surface area contributed by atoms with Crippen LogP contribution in [0.1, 0.15) is 12.1 Å². The molecule has 0 atom stereocenters. The maximum Gasteiger partial charge on any atom is 0.0832 e. The Balaban J connectivity index is 2.21. The zero-order valence-corrected chi connectivity index (χ0v) is 11.4. The van der Waals surface area contributed by atoms with Crippen LogP contribution >= 0.6 is 27.5 Å². The molecule has 4 nitrogen and oxygen atoms in total. The smallest absolute Gasteiger partial charge is 0.0832 e. The van der Waals surface area contributed by atoms with Crippen molar-refractivity contribution in [3.05, 3.63) is 39.6 Å². The third-order valence-corrected chi connectivity index (χ3v) is 3.58. The van der Waals surface area contributed by atoms with Gasteiger partial charge in [0, 0.05) is 4.47 Å². The Morgan fingerprint density at radius 3 is 2.94 bits per heavy atom. The zero-order valence-electron chi connectivity index (χ0n) is 9.11. The van der Waals surface area contributed by atoms with Crippen LogP contribution in [0.4, 0.5) is 0 Å². The first-order valence-electron chi connectivity index (χ1n) is 5.27. The molecule has 0 saturated heterocycles. The number of hydrogen-bond donors (Lipinski definition) is 1. The molecule has 6 heteroatoms. The summed E-state index contributed by atoms with van der Waals surface area (Å²) in [5.41, 5.74) is 7.29. The van der Waals surface area contributed by atoms with Crippen molar-refractivity contribution in [2.75, 3.05) is 6.54 Å². The van der Waals surface area contributed by atoms with Gasteiger partial charge in [0.05, 0.1) is 22.6 Å². The van der Waals surface area contributed by atoms with Crippen LogP contribution in [0.2, 0.25) is 5.02 Å². The molecule has 1 aromatic heterocycles. The fourth-order valence-corrected chi connectivity index (χ4v) is 1.87. The lowest BCUT2D eigenvalue weighted by Crippen LogP contribution is -2.00. The van der Waals surface area contributed by atoms with E-state index in [9.17, 15) is 0 Å². The van der Waals surface area contributed by atoms with E-state index in [-0.39, 0.29) is 0 Å². The van der Waals surface area contributed by atoms with E-state index in [0.717, 1.165) is 28.7 Å². The van der Waals surface area contributed by atoms with E-state index in [0.29, 0.717) is 11.6 Å². The number of nitrogens with zero attached hydrogens (tertiary/aromatic N) is 3. The van der Waals surface area contributed by atoms with Crippen LogP contribution < -0.4 is 5.73 Å². The average molecular weight is 316 g/mol. The predicted octanol–water partition coefficient (Wildman–Crippen LogP) is 2.57. The molecular formula is C11H12BrClN4. The molecule has 0 spiro atoms. The largest absolute Gasteiger partial charge is 0.330 e. The normalized spacial score (nSPS) is 10.8. The Labute approximate surface area is 113 Å². The van der Waals surface area contributed by atoms with Gasteiger partial charge >= 0.3 is 0 Å². The molecule has 17 heavy (non-hydrogen) atoms. The van der Waals surface area contributed by atoms with Crippen LogP contribution in [0, 0.1) is 0 Å². The summed E-state index contributed by atoms with van der Waals surface area (Å²) in [7, 11) is 0. The maximum absolute atomic E-state index is 6.03. The molecule has 1 aromatic carbocycles. The molecule has 2 aromatic rings. The summed E-state index contributed by atoms with van der Waals surface area (Å²) < 4.78 is 2.58. The van der Waals surface area contributed by atoms with Gasteiger partial charge in [-0.05, 0) is 53.5 Å². The second-order valence-corrected chi connectivity index (χ2v) is 4.91. The van der Waals surface area contributed by atoms with Crippen LogP contribution in [-0.4, -0.2) is 21.5 Å². The minimum atomic E-state index is 0.654. The van der Waals surface area contributed by atoms with Crippen LogP contribution in [-0.2, 0) is 6.42 Å². The van der Waals surface area contributed by atoms with Crippen molar-refractivity contribution in [2.45, 2.75) is 12.8 Å². The monoisotopic (exact) mass is 314 g/mol. The summed E-state index contributed by atoms with van der Waals surface area (Å²) in [4.78, 5) is 0. The third-order valence-electron chi connectivity index (χ3n) is 2.35. The van der Waals surface area contributed by atoms with E-state index in [4.69, 9.17) is 17.3 Å². The van der Waals surface area contributed by atoms with Crippen LogP contribution in [0.5, 0.6) is 0 Å². The van der Waals surface area contributed by atoms with Crippen LogP contribution in [0.25, 0.3) is 5.69 Å². The van der Waals surface area contributed by atoms with Gasteiger partial charge in [-0.25, -0.2) is 4.68 Å². The van der Waals surface area contributed by atoms with Crippen molar-refractivity contribution in [1.82, 2.24) is 15.0 Å². The molecule has 1 heterocycles. The number of halogens is 2. The van der Waals surface area contributed by atoms with E-state index < -0.39 is 0 Å². The third kappa shape index (κ3) is 3.06. The van der Waals surface area contributed by atoms with E-state index in [1.165, 1.54) is 0 Å². The first kappa shape index (κ1) is 12.5. The molecule has 0 bridgehead atoms. The quantitative estimate of drug-likeness (QED) is 0.943. The van der Waals surface area contributed by atoms with Crippen LogP contribution in [0.3, 0.4) is 0 Å². The summed E-state index contributed by atoms with van der Waals surface area (Å²) in [6.07, 6.45) is 3.66. The standard InChI is InChI=1S/C11H12BrClN4/c12-10-4-3-9(6-11(10)13)17-7-8(15-16-17)2-1-5-14/h3-4,6-7H,1-2,5,14H2. The molecule has 0 aliphatic heterocycles. The molecule has 2 rings (SSSR count). The molecule has 0 amide bonds. The van der Waals surface area contributed by atoms with Gasteiger partial charge in [-0.15, -0.1) is 5.10 Å². The summed E-state index contributed by atoms with van der Waals surface area (Å²) in [5, 5.41) is 8.80. The van der Waals surface area contributed by atoms with Gasteiger partial charge in [-0.3, -0.25) is 0 Å². The van der Waals surface area contributed by atoms with E-state index >= 15 is 0 Å². The minimum Gasteiger partial charge on any atom is -0.330 e. The highest BCUT2D eigenvalue weighted by Gasteiger charge is 2.04.